The normalized spacial score (nSPS) is 16.5. The van der Waals surface area contributed by atoms with E-state index in [2.05, 4.69) is 16.9 Å². The highest BCUT2D eigenvalue weighted by Gasteiger charge is 2.33. The average Bonchev–Trinajstić information content (AvgIpc) is 3.30. The molecule has 3 heterocycles. The van der Waals surface area contributed by atoms with Gasteiger partial charge < -0.3 is 9.80 Å². The van der Waals surface area contributed by atoms with Gasteiger partial charge in [-0.05, 0) is 23.1 Å². The van der Waals surface area contributed by atoms with Crippen molar-refractivity contribution in [2.45, 2.75) is 32.2 Å². The largest absolute Gasteiger partial charge is 0.326 e. The Labute approximate surface area is 175 Å². The molecule has 7 nitrogen and oxygen atoms in total. The van der Waals surface area contributed by atoms with Crippen LogP contribution in [0.3, 0.4) is 0 Å². The molecular weight excluding hydrogens is 380 g/mol. The number of hydrogen-bond donors (Lipinski definition) is 0. The molecule has 1 saturated heterocycles. The lowest BCUT2D eigenvalue weighted by Gasteiger charge is -2.15. The third-order valence-electron chi connectivity index (χ3n) is 5.61. The van der Waals surface area contributed by atoms with Crippen LogP contribution in [-0.2, 0) is 27.3 Å². The number of carbonyl (C=O) groups excluding carboxylic acids is 3. The number of likely N-dealkylation sites (N-methyl/N-ethyl adjacent to an activating group) is 1. The van der Waals surface area contributed by atoms with Gasteiger partial charge in [0, 0.05) is 37.3 Å². The van der Waals surface area contributed by atoms with Gasteiger partial charge in [0.25, 0.3) is 5.91 Å². The van der Waals surface area contributed by atoms with Crippen molar-refractivity contribution in [3.63, 3.8) is 0 Å². The van der Waals surface area contributed by atoms with E-state index in [4.69, 9.17) is 0 Å². The van der Waals surface area contributed by atoms with Crippen LogP contribution in [0.1, 0.15) is 41.6 Å². The summed E-state index contributed by atoms with van der Waals surface area (Å²) in [5.41, 5.74) is 3.77. The second-order valence-electron chi connectivity index (χ2n) is 7.97. The van der Waals surface area contributed by atoms with E-state index in [1.54, 1.807) is 13.2 Å². The number of amides is 2. The molecule has 2 aliphatic rings. The number of aliphatic imine (C=N–C) groups is 1. The molecule has 1 aromatic carbocycles. The number of fused-ring (bicyclic) bond motifs is 1. The van der Waals surface area contributed by atoms with Crippen molar-refractivity contribution < 1.29 is 14.4 Å². The van der Waals surface area contributed by atoms with Crippen LogP contribution in [0, 0.1) is 0 Å². The van der Waals surface area contributed by atoms with E-state index >= 15 is 0 Å². The van der Waals surface area contributed by atoms with Crippen molar-refractivity contribution >= 4 is 23.3 Å². The fourth-order valence-corrected chi connectivity index (χ4v) is 3.89. The van der Waals surface area contributed by atoms with E-state index in [1.807, 2.05) is 36.4 Å². The summed E-state index contributed by atoms with van der Waals surface area (Å²) >= 11 is 0. The molecular formula is C23H24N4O3. The van der Waals surface area contributed by atoms with Gasteiger partial charge in [0.15, 0.2) is 0 Å². The molecule has 4 rings (SSSR count). The summed E-state index contributed by atoms with van der Waals surface area (Å²) in [6.45, 7) is 2.78. The average molecular weight is 404 g/mol. The topological polar surface area (TPSA) is 82.9 Å². The molecule has 1 aromatic heterocycles. The number of ketones is 1. The molecule has 0 bridgehead atoms. The number of benzene rings is 1. The molecule has 2 amide bonds. The molecule has 0 radical (unpaired) electrons. The lowest BCUT2D eigenvalue weighted by atomic mass is 9.94. The molecule has 0 N–H and O–H groups in total. The number of pyridine rings is 1. The lowest BCUT2D eigenvalue weighted by Crippen LogP contribution is -2.35. The molecule has 2 aromatic rings. The van der Waals surface area contributed by atoms with Gasteiger partial charge in [0.1, 0.15) is 18.0 Å². The number of nitrogens with zero attached hydrogens (tertiary/aromatic N) is 4. The molecule has 2 aliphatic heterocycles. The molecule has 1 fully saturated rings. The van der Waals surface area contributed by atoms with Crippen LogP contribution >= 0.6 is 0 Å². The van der Waals surface area contributed by atoms with Gasteiger partial charge in [0.05, 0.1) is 13.2 Å². The first-order chi connectivity index (χ1) is 14.4. The first-order valence-corrected chi connectivity index (χ1v) is 10.0. The van der Waals surface area contributed by atoms with Crippen molar-refractivity contribution in [1.82, 2.24) is 14.8 Å². The maximum atomic E-state index is 12.8. The van der Waals surface area contributed by atoms with Crippen LogP contribution in [0.2, 0.25) is 0 Å². The highest BCUT2D eigenvalue weighted by molar-refractivity contribution is 6.46. The zero-order valence-corrected chi connectivity index (χ0v) is 17.2. The molecule has 0 aliphatic carbocycles. The molecule has 154 valence electrons. The van der Waals surface area contributed by atoms with Crippen molar-refractivity contribution in [1.29, 1.82) is 0 Å². The molecule has 30 heavy (non-hydrogen) atoms. The minimum atomic E-state index is -0.256. The van der Waals surface area contributed by atoms with E-state index < -0.39 is 0 Å². The molecule has 0 unspecified atom stereocenters. The predicted molar refractivity (Wildman–Crippen MR) is 112 cm³/mol. The first kappa shape index (κ1) is 19.9. The van der Waals surface area contributed by atoms with Crippen LogP contribution in [0.5, 0.6) is 0 Å². The van der Waals surface area contributed by atoms with Crippen LogP contribution in [0.4, 0.5) is 0 Å². The predicted octanol–water partition coefficient (Wildman–Crippen LogP) is 1.95. The minimum Gasteiger partial charge on any atom is -0.326 e. The Morgan fingerprint density at radius 2 is 1.97 bits per heavy atom. The summed E-state index contributed by atoms with van der Waals surface area (Å²) in [5.74, 6) is -0.0535. The van der Waals surface area contributed by atoms with Gasteiger partial charge in [-0.15, -0.1) is 0 Å². The minimum absolute atomic E-state index is 0.0727. The Balaban J connectivity index is 1.40. The van der Waals surface area contributed by atoms with Crippen molar-refractivity contribution in [2.75, 3.05) is 20.3 Å². The van der Waals surface area contributed by atoms with E-state index in [0.717, 1.165) is 11.1 Å². The van der Waals surface area contributed by atoms with Crippen LogP contribution in [0.25, 0.3) is 0 Å². The molecule has 0 spiro atoms. The van der Waals surface area contributed by atoms with Gasteiger partial charge in [-0.1, -0.05) is 37.3 Å². The van der Waals surface area contributed by atoms with Crippen molar-refractivity contribution in [2.24, 2.45) is 4.99 Å². The highest BCUT2D eigenvalue weighted by Crippen LogP contribution is 2.23. The van der Waals surface area contributed by atoms with Gasteiger partial charge in [-0.2, -0.15) is 0 Å². The maximum Gasteiger partial charge on any atom is 0.274 e. The maximum absolute atomic E-state index is 12.8. The Hall–Kier alpha value is -3.35. The lowest BCUT2D eigenvalue weighted by molar-refractivity contribution is -0.127. The second-order valence-corrected chi connectivity index (χ2v) is 7.97. The number of hydrogen-bond acceptors (Lipinski definition) is 5. The summed E-state index contributed by atoms with van der Waals surface area (Å²) in [5, 5.41) is 0. The third kappa shape index (κ3) is 4.01. The van der Waals surface area contributed by atoms with E-state index in [0.29, 0.717) is 29.9 Å². The van der Waals surface area contributed by atoms with Crippen LogP contribution in [0.15, 0.2) is 47.6 Å². The summed E-state index contributed by atoms with van der Waals surface area (Å²) in [6, 6.07) is 11.9. The monoisotopic (exact) mass is 404 g/mol. The summed E-state index contributed by atoms with van der Waals surface area (Å²) in [7, 11) is 1.67. The van der Waals surface area contributed by atoms with Gasteiger partial charge >= 0.3 is 0 Å². The van der Waals surface area contributed by atoms with Gasteiger partial charge in [-0.3, -0.25) is 24.4 Å². The molecule has 0 saturated carbocycles. The first-order valence-electron chi connectivity index (χ1n) is 10.0. The van der Waals surface area contributed by atoms with Gasteiger partial charge in [0.2, 0.25) is 5.91 Å². The zero-order valence-electron chi connectivity index (χ0n) is 17.2. The fourth-order valence-electron chi connectivity index (χ4n) is 3.89. The Kier molecular flexibility index (Phi) is 5.44. The van der Waals surface area contributed by atoms with E-state index in [-0.39, 0.29) is 43.1 Å². The van der Waals surface area contributed by atoms with E-state index in [9.17, 15) is 14.4 Å². The van der Waals surface area contributed by atoms with Crippen LogP contribution < -0.4 is 0 Å². The second kappa shape index (κ2) is 8.18. The summed E-state index contributed by atoms with van der Waals surface area (Å²) < 4.78 is 0. The third-order valence-corrected chi connectivity index (χ3v) is 5.61. The number of rotatable bonds is 6. The molecule has 1 atom stereocenters. The summed E-state index contributed by atoms with van der Waals surface area (Å²) in [4.78, 5) is 48.8. The Bertz CT molecular complexity index is 1030. The Morgan fingerprint density at radius 3 is 2.67 bits per heavy atom. The van der Waals surface area contributed by atoms with Crippen molar-refractivity contribution in [3.8, 4) is 0 Å². The van der Waals surface area contributed by atoms with Gasteiger partial charge in [-0.25, -0.2) is 0 Å². The molecule has 7 heteroatoms. The van der Waals surface area contributed by atoms with E-state index in [1.165, 1.54) is 9.80 Å². The zero-order chi connectivity index (χ0) is 21.3. The number of carbonyl (C=O) groups is 3. The SMILES string of the molecule is C[C@@H](CC(=O)Cc1cc2c(cn1)C(C(=O)N1CC(=O)N(C)C1)=NC2)c1ccccc1. The number of aromatic nitrogens is 1. The quantitative estimate of drug-likeness (QED) is 0.737. The smallest absolute Gasteiger partial charge is 0.274 e. The van der Waals surface area contributed by atoms with Crippen molar-refractivity contribution in [3.05, 3.63) is 65.0 Å². The fraction of sp³-hybridized carbons (Fsp3) is 0.348. The standard InChI is InChI=1S/C23H24N4O3/c1-15(16-6-4-3-5-7-16)8-19(28)10-18-9-17-11-25-22(20(17)12-24-18)23(30)27-13-21(29)26(2)14-27/h3-7,9,12,15H,8,10-11,13-14H2,1-2H3/t15-/m0/s1. The Morgan fingerprint density at radius 1 is 1.20 bits per heavy atom. The van der Waals surface area contributed by atoms with Crippen LogP contribution in [-0.4, -0.2) is 58.4 Å². The highest BCUT2D eigenvalue weighted by atomic mass is 16.2. The summed E-state index contributed by atoms with van der Waals surface area (Å²) in [6.07, 6.45) is 2.35. The number of Topliss-reactive ketones (excluding diaryl/α,β-unsaturated/α-hetero) is 1.